The van der Waals surface area contributed by atoms with E-state index in [0.717, 1.165) is 40.6 Å². The number of hydrogen-bond acceptors (Lipinski definition) is 3. The molecular formula is C18H16N2O. The summed E-state index contributed by atoms with van der Waals surface area (Å²) < 4.78 is 0. The summed E-state index contributed by atoms with van der Waals surface area (Å²) in [6.45, 7) is 0.943. The van der Waals surface area contributed by atoms with Gasteiger partial charge < -0.3 is 10.4 Å². The Bertz CT molecular complexity index is 808. The van der Waals surface area contributed by atoms with E-state index in [1.807, 2.05) is 42.6 Å². The first-order valence-corrected chi connectivity index (χ1v) is 7.21. The summed E-state index contributed by atoms with van der Waals surface area (Å²) in [5, 5.41) is 16.4. The molecule has 21 heavy (non-hydrogen) atoms. The summed E-state index contributed by atoms with van der Waals surface area (Å²) in [4.78, 5) is 4.15. The van der Waals surface area contributed by atoms with Gasteiger partial charge in [0.2, 0.25) is 0 Å². The number of aliphatic hydroxyl groups excluding tert-OH is 1. The fraction of sp³-hybridized carbons (Fsp3) is 0.167. The topological polar surface area (TPSA) is 45.1 Å². The standard InChI is InChI=1S/C18H16N2O/c21-18(16-6-1-3-12-7-10-20-17(12)16)15-5-2-4-13-11-19-9-8-14(13)15/h1-6,8-9,11,18,20-21H,7,10H2. The fourth-order valence-electron chi connectivity index (χ4n) is 3.15. The summed E-state index contributed by atoms with van der Waals surface area (Å²) in [6.07, 6.45) is 4.00. The zero-order chi connectivity index (χ0) is 14.2. The first-order valence-electron chi connectivity index (χ1n) is 7.21. The van der Waals surface area contributed by atoms with E-state index in [0.29, 0.717) is 0 Å². The van der Waals surface area contributed by atoms with Crippen molar-refractivity contribution in [3.05, 3.63) is 71.5 Å². The molecule has 1 aliphatic rings. The SMILES string of the molecule is OC(c1cccc2c1NCC2)c1cccc2cnccc12. The Morgan fingerprint density at radius 3 is 2.86 bits per heavy atom. The highest BCUT2D eigenvalue weighted by molar-refractivity contribution is 5.85. The third kappa shape index (κ3) is 1.98. The number of fused-ring (bicyclic) bond motifs is 2. The molecule has 104 valence electrons. The Balaban J connectivity index is 1.88. The first kappa shape index (κ1) is 12.4. The lowest BCUT2D eigenvalue weighted by molar-refractivity contribution is 0.222. The largest absolute Gasteiger partial charge is 0.384 e. The Hall–Kier alpha value is -2.39. The Labute approximate surface area is 123 Å². The lowest BCUT2D eigenvalue weighted by Crippen LogP contribution is -2.04. The summed E-state index contributed by atoms with van der Waals surface area (Å²) in [7, 11) is 0. The molecular weight excluding hydrogens is 260 g/mol. The van der Waals surface area contributed by atoms with Crippen LogP contribution in [0.1, 0.15) is 22.8 Å². The van der Waals surface area contributed by atoms with Crippen LogP contribution >= 0.6 is 0 Å². The molecule has 4 rings (SSSR count). The molecule has 0 radical (unpaired) electrons. The van der Waals surface area contributed by atoms with Crippen molar-refractivity contribution >= 4 is 16.5 Å². The number of aromatic nitrogens is 1. The van der Waals surface area contributed by atoms with Crippen LogP contribution in [-0.2, 0) is 6.42 Å². The Morgan fingerprint density at radius 2 is 1.90 bits per heavy atom. The second-order valence-corrected chi connectivity index (χ2v) is 5.40. The molecule has 3 heteroatoms. The van der Waals surface area contributed by atoms with E-state index in [4.69, 9.17) is 0 Å². The molecule has 1 unspecified atom stereocenters. The highest BCUT2D eigenvalue weighted by Crippen LogP contribution is 2.36. The van der Waals surface area contributed by atoms with E-state index in [-0.39, 0.29) is 0 Å². The molecule has 1 aromatic heterocycles. The third-order valence-electron chi connectivity index (χ3n) is 4.18. The average molecular weight is 276 g/mol. The van der Waals surface area contributed by atoms with Crippen LogP contribution in [0.4, 0.5) is 5.69 Å². The van der Waals surface area contributed by atoms with Crippen molar-refractivity contribution in [3.8, 4) is 0 Å². The average Bonchev–Trinajstić information content (AvgIpc) is 3.02. The Kier molecular flexibility index (Phi) is 2.86. The first-order chi connectivity index (χ1) is 10.3. The molecule has 0 amide bonds. The fourth-order valence-corrected chi connectivity index (χ4v) is 3.15. The molecule has 0 fully saturated rings. The minimum absolute atomic E-state index is 0.628. The second-order valence-electron chi connectivity index (χ2n) is 5.40. The summed E-state index contributed by atoms with van der Waals surface area (Å²) >= 11 is 0. The molecule has 1 aliphatic heterocycles. The van der Waals surface area contributed by atoms with Gasteiger partial charge in [0.15, 0.2) is 0 Å². The Morgan fingerprint density at radius 1 is 1.05 bits per heavy atom. The number of hydrogen-bond donors (Lipinski definition) is 2. The van der Waals surface area contributed by atoms with Gasteiger partial charge in [-0.05, 0) is 29.0 Å². The number of para-hydroxylation sites is 1. The van der Waals surface area contributed by atoms with Crippen LogP contribution in [0.2, 0.25) is 0 Å². The van der Waals surface area contributed by atoms with Crippen molar-refractivity contribution in [3.63, 3.8) is 0 Å². The van der Waals surface area contributed by atoms with Crippen LogP contribution in [0.5, 0.6) is 0 Å². The van der Waals surface area contributed by atoms with Gasteiger partial charge in [0.1, 0.15) is 6.10 Å². The lowest BCUT2D eigenvalue weighted by atomic mass is 9.94. The quantitative estimate of drug-likeness (QED) is 0.755. The van der Waals surface area contributed by atoms with Crippen LogP contribution in [0.3, 0.4) is 0 Å². The van der Waals surface area contributed by atoms with Crippen LogP contribution in [0, 0.1) is 0 Å². The van der Waals surface area contributed by atoms with Crippen LogP contribution in [0.25, 0.3) is 10.8 Å². The third-order valence-corrected chi connectivity index (χ3v) is 4.18. The second kappa shape index (κ2) is 4.86. The van der Waals surface area contributed by atoms with Crippen LogP contribution in [-0.4, -0.2) is 16.6 Å². The summed E-state index contributed by atoms with van der Waals surface area (Å²) in [5.74, 6) is 0. The van der Waals surface area contributed by atoms with E-state index in [1.165, 1.54) is 5.56 Å². The van der Waals surface area contributed by atoms with E-state index >= 15 is 0 Å². The maximum Gasteiger partial charge on any atom is 0.107 e. The van der Waals surface area contributed by atoms with E-state index in [9.17, 15) is 5.11 Å². The number of nitrogens with zero attached hydrogens (tertiary/aromatic N) is 1. The van der Waals surface area contributed by atoms with Gasteiger partial charge in [-0.2, -0.15) is 0 Å². The number of nitrogens with one attached hydrogen (secondary N) is 1. The van der Waals surface area contributed by atoms with E-state index in [2.05, 4.69) is 16.4 Å². The highest BCUT2D eigenvalue weighted by Gasteiger charge is 2.21. The van der Waals surface area contributed by atoms with E-state index < -0.39 is 6.10 Å². The molecule has 0 saturated heterocycles. The normalized spacial score (nSPS) is 14.7. The van der Waals surface area contributed by atoms with Gasteiger partial charge in [-0.1, -0.05) is 36.4 Å². The molecule has 2 N–H and O–H groups in total. The predicted molar refractivity (Wildman–Crippen MR) is 84.4 cm³/mol. The van der Waals surface area contributed by atoms with Gasteiger partial charge in [0.05, 0.1) is 0 Å². The molecule has 2 aromatic carbocycles. The minimum atomic E-state index is -0.628. The van der Waals surface area contributed by atoms with Gasteiger partial charge in [0.25, 0.3) is 0 Å². The van der Waals surface area contributed by atoms with Gasteiger partial charge in [0, 0.05) is 35.6 Å². The number of benzene rings is 2. The monoisotopic (exact) mass is 276 g/mol. The van der Waals surface area contributed by atoms with Gasteiger partial charge in [-0.25, -0.2) is 0 Å². The molecule has 0 bridgehead atoms. The van der Waals surface area contributed by atoms with Crippen molar-refractivity contribution in [2.75, 3.05) is 11.9 Å². The van der Waals surface area contributed by atoms with Crippen molar-refractivity contribution in [1.29, 1.82) is 0 Å². The van der Waals surface area contributed by atoms with Crippen molar-refractivity contribution < 1.29 is 5.11 Å². The number of rotatable bonds is 2. The predicted octanol–water partition coefficient (Wildman–Crippen LogP) is 3.28. The molecule has 1 atom stereocenters. The smallest absolute Gasteiger partial charge is 0.107 e. The van der Waals surface area contributed by atoms with Crippen LogP contribution < -0.4 is 5.32 Å². The number of pyridine rings is 1. The molecule has 3 aromatic rings. The highest BCUT2D eigenvalue weighted by atomic mass is 16.3. The van der Waals surface area contributed by atoms with Gasteiger partial charge in [-0.15, -0.1) is 0 Å². The number of anilines is 1. The van der Waals surface area contributed by atoms with E-state index in [1.54, 1.807) is 6.20 Å². The molecule has 2 heterocycles. The number of aliphatic hydroxyl groups is 1. The van der Waals surface area contributed by atoms with Crippen molar-refractivity contribution in [1.82, 2.24) is 4.98 Å². The zero-order valence-corrected chi connectivity index (χ0v) is 11.6. The summed E-state index contributed by atoms with van der Waals surface area (Å²) in [6, 6.07) is 14.1. The van der Waals surface area contributed by atoms with Gasteiger partial charge in [-0.3, -0.25) is 4.98 Å². The minimum Gasteiger partial charge on any atom is -0.384 e. The summed E-state index contributed by atoms with van der Waals surface area (Å²) in [5.41, 5.74) is 4.26. The molecule has 0 aliphatic carbocycles. The lowest BCUT2D eigenvalue weighted by Gasteiger charge is -2.17. The van der Waals surface area contributed by atoms with Gasteiger partial charge >= 0.3 is 0 Å². The van der Waals surface area contributed by atoms with Crippen molar-refractivity contribution in [2.24, 2.45) is 0 Å². The van der Waals surface area contributed by atoms with Crippen LogP contribution in [0.15, 0.2) is 54.9 Å². The molecule has 3 nitrogen and oxygen atoms in total. The zero-order valence-electron chi connectivity index (χ0n) is 11.6. The van der Waals surface area contributed by atoms with Crippen molar-refractivity contribution in [2.45, 2.75) is 12.5 Å². The maximum absolute atomic E-state index is 10.9. The molecule has 0 saturated carbocycles. The maximum atomic E-state index is 10.9. The molecule has 0 spiro atoms.